The summed E-state index contributed by atoms with van der Waals surface area (Å²) >= 11 is 8.96. The highest BCUT2D eigenvalue weighted by molar-refractivity contribution is 9.11. The minimum absolute atomic E-state index is 0.0117. The molecule has 1 saturated carbocycles. The number of fused-ring (bicyclic) bond motifs is 9. The molecule has 136 heavy (non-hydrogen) atoms. The van der Waals surface area contributed by atoms with Gasteiger partial charge in [0.15, 0.2) is 11.6 Å². The number of rotatable bonds is 19. The molecule has 20 rings (SSSR count). The Balaban J connectivity index is 0.591. The predicted octanol–water partition coefficient (Wildman–Crippen LogP) is 17.3. The number of aromatic nitrogens is 15. The lowest BCUT2D eigenvalue weighted by Gasteiger charge is -2.35. The first-order valence-corrected chi connectivity index (χ1v) is 45.9. The van der Waals surface area contributed by atoms with Crippen LogP contribution in [0.4, 0.5) is 39.5 Å². The zero-order valence-electron chi connectivity index (χ0n) is 72.6. The lowest BCUT2D eigenvalue weighted by Crippen LogP contribution is -2.46. The normalized spacial score (nSPS) is 15.8. The number of benzene rings is 8. The molecule has 0 saturated heterocycles. The third-order valence-electron chi connectivity index (χ3n) is 26.0. The fourth-order valence-corrected chi connectivity index (χ4v) is 20.4. The highest BCUT2D eigenvalue weighted by Gasteiger charge is 2.43. The van der Waals surface area contributed by atoms with Crippen molar-refractivity contribution < 1.29 is 58.7 Å². The van der Waals surface area contributed by atoms with Crippen LogP contribution >= 0.6 is 47.8 Å². The average molecular weight is 2040 g/mol. The highest BCUT2D eigenvalue weighted by atomic mass is 79.9. The van der Waals surface area contributed by atoms with Crippen LogP contribution in [0.25, 0.3) is 56.8 Å². The van der Waals surface area contributed by atoms with Gasteiger partial charge in [0, 0.05) is 118 Å². The van der Waals surface area contributed by atoms with Crippen LogP contribution in [0.5, 0.6) is 0 Å². The van der Waals surface area contributed by atoms with Gasteiger partial charge in [0.05, 0.1) is 102 Å². The van der Waals surface area contributed by atoms with Crippen molar-refractivity contribution in [3.8, 4) is 39.8 Å². The maximum Gasteiger partial charge on any atom is 0.417 e. The minimum Gasteiger partial charge on any atom is -0.355 e. The first-order chi connectivity index (χ1) is 65.1. The summed E-state index contributed by atoms with van der Waals surface area (Å²) in [5.74, 6) is -0.966. The van der Waals surface area contributed by atoms with Crippen LogP contribution in [-0.4, -0.2) is 136 Å². The Morgan fingerprint density at radius 3 is 1.07 bits per heavy atom. The number of alkyl halides is 9. The summed E-state index contributed by atoms with van der Waals surface area (Å²) in [6.45, 7) is 5.32. The Hall–Kier alpha value is -14.0. The summed E-state index contributed by atoms with van der Waals surface area (Å²) in [6.07, 6.45) is -2.78. The molecule has 4 amide bonds. The van der Waals surface area contributed by atoms with Crippen molar-refractivity contribution in [2.24, 2.45) is 5.92 Å². The number of hydrogen-bond acceptors (Lipinski definition) is 14. The number of nitrogens with one attached hydrogen (secondary N) is 1. The standard InChI is InChI=1S/C98H77Br3F9N19O7/c1-52-31-72-81(47-121(52)90(131)63-19-28-78(99)75(39-63)96(102,103)104)127-87(66(42-114-127)36-55-11-12-55)124(93(72)134)69-22-13-60(14-23-69)84-117-112-50-119(84)45-58-9-5-7-56(34-58)37-67-43-115-128-82-48-122(91(132)64-20-29-79(100)76(40-64)97(105,106)107)53(2)32-73(82)94(135)125(88(67)128)70-24-15-61(16-25-70)85-118-113-51-120(85)46-59-10-6-8-57(35-59)38-68-44-116-129-83-49-123(92(133)65-21-30-80(101)77(41-65)98(108,109)110)54(3)33-74(83)95(136)126(89(68)129)71-26-17-62(18-27-71)86(130)111-4/h5-10,13-30,34-35,39-44,50-55H,11-12,31-33,36-38,45-49H2,1-4H3,(H,111,130)/t52-,53-,54-/m1/s1. The van der Waals surface area contributed by atoms with E-state index in [1.54, 1.807) is 111 Å². The van der Waals surface area contributed by atoms with Gasteiger partial charge < -0.3 is 29.2 Å². The molecule has 1 fully saturated rings. The molecule has 38 heteroatoms. The maximum atomic E-state index is 15.8. The molecular weight excluding hydrogens is 1970 g/mol. The fraction of sp³-hybridized carbons (Fsp3) is 0.245. The number of carbonyl (C=O) groups excluding carboxylic acids is 4. The summed E-state index contributed by atoms with van der Waals surface area (Å²) < 4.78 is 141. The van der Waals surface area contributed by atoms with Gasteiger partial charge in [-0.05, 0) is 215 Å². The molecule has 1 aliphatic carbocycles. The van der Waals surface area contributed by atoms with E-state index in [2.05, 4.69) is 73.5 Å². The summed E-state index contributed by atoms with van der Waals surface area (Å²) in [4.78, 5) is 106. The zero-order chi connectivity index (χ0) is 95.1. The summed E-state index contributed by atoms with van der Waals surface area (Å²) in [5.41, 5.74) is 7.14. The highest BCUT2D eigenvalue weighted by Crippen LogP contribution is 2.43. The van der Waals surface area contributed by atoms with E-state index in [-0.39, 0.29) is 106 Å². The smallest absolute Gasteiger partial charge is 0.355 e. The SMILES string of the molecule is CNC(=O)c1ccc(-n2c(=O)c3c(n4ncc(Cc5cccc(Cn6cnnc6-c6ccc(-n7c(=O)c8c(n9ncc(Cc%10cccc(Cn%11cnnc%11-c%11ccc(-n%12c(=O)c%13c(n%14ncc(CC%15CC%15)c%12%14)CN(C(=O)c%12ccc(Br)c(C(F)(F)F)c%12)[C@H](C)C%13)cc%11)c%10)c79)CN(C(=O)c7ccc(Br)c(C(F)(F)F)c7)[C@H](C)C8)cc6)c5)c24)CN(C(=O)c2ccc(Br)c(C(F)(F)F)c2)[C@H](C)C3)cc1. The largest absolute Gasteiger partial charge is 0.417 e. The summed E-state index contributed by atoms with van der Waals surface area (Å²) in [5, 5.41) is 35.1. The fourth-order valence-electron chi connectivity index (χ4n) is 19.0. The molecule has 26 nitrogen and oxygen atoms in total. The number of carbonyl (C=O) groups is 4. The lowest BCUT2D eigenvalue weighted by molar-refractivity contribution is -0.139. The van der Waals surface area contributed by atoms with Gasteiger partial charge in [0.2, 0.25) is 0 Å². The first-order valence-electron chi connectivity index (χ1n) is 43.5. The first kappa shape index (κ1) is 89.8. The van der Waals surface area contributed by atoms with Crippen molar-refractivity contribution in [2.75, 3.05) is 7.05 Å². The second kappa shape index (κ2) is 34.7. The molecule has 0 radical (unpaired) electrons. The van der Waals surface area contributed by atoms with Gasteiger partial charge in [-0.25, -0.2) is 13.5 Å². The molecule has 16 aromatic rings. The van der Waals surface area contributed by atoms with E-state index >= 15 is 14.4 Å². The molecule has 1 N–H and O–H groups in total. The maximum absolute atomic E-state index is 15.8. The molecule has 8 aromatic carbocycles. The number of hydrogen-bond donors (Lipinski definition) is 1. The van der Waals surface area contributed by atoms with Crippen molar-refractivity contribution >= 4 is 88.4 Å². The van der Waals surface area contributed by atoms with Crippen LogP contribution in [0.1, 0.15) is 164 Å². The van der Waals surface area contributed by atoms with Gasteiger partial charge in [0.1, 0.15) is 29.6 Å². The minimum atomic E-state index is -4.78. The molecule has 8 aromatic heterocycles. The van der Waals surface area contributed by atoms with Crippen LogP contribution in [0.15, 0.2) is 235 Å². The molecule has 4 aliphatic rings. The molecule has 690 valence electrons. The van der Waals surface area contributed by atoms with E-state index in [9.17, 15) is 58.7 Å². The third kappa shape index (κ3) is 16.5. The number of amides is 4. The van der Waals surface area contributed by atoms with E-state index in [1.807, 2.05) is 94.1 Å². The molecular formula is C98H77Br3F9N19O7. The Bertz CT molecular complexity index is 7800. The van der Waals surface area contributed by atoms with Crippen LogP contribution in [-0.2, 0) is 89.8 Å². The van der Waals surface area contributed by atoms with Crippen molar-refractivity contribution in [1.29, 1.82) is 0 Å². The molecule has 0 bridgehead atoms. The van der Waals surface area contributed by atoms with Crippen molar-refractivity contribution in [3.05, 3.63) is 363 Å². The Morgan fingerprint density at radius 2 is 0.735 bits per heavy atom. The quantitative estimate of drug-likeness (QED) is 0.0738. The second-order valence-electron chi connectivity index (χ2n) is 34.9. The van der Waals surface area contributed by atoms with Gasteiger partial charge in [-0.15, -0.1) is 20.4 Å². The summed E-state index contributed by atoms with van der Waals surface area (Å²) in [6, 6.07) is 44.7. The van der Waals surface area contributed by atoms with E-state index in [0.29, 0.717) is 120 Å². The van der Waals surface area contributed by atoms with Crippen LogP contribution in [0.3, 0.4) is 0 Å². The molecule has 3 aliphatic heterocycles. The molecule has 3 atom stereocenters. The van der Waals surface area contributed by atoms with Gasteiger partial charge in [-0.1, -0.05) is 96.3 Å². The second-order valence-corrected chi connectivity index (χ2v) is 37.4. The Labute approximate surface area is 791 Å². The van der Waals surface area contributed by atoms with Crippen LogP contribution < -0.4 is 22.0 Å². The number of halogens is 12. The molecule has 0 spiro atoms. The number of nitrogens with zero attached hydrogens (tertiary/aromatic N) is 18. The van der Waals surface area contributed by atoms with Crippen molar-refractivity contribution in [3.63, 3.8) is 0 Å². The lowest BCUT2D eigenvalue weighted by atomic mass is 9.97. The predicted molar refractivity (Wildman–Crippen MR) is 493 cm³/mol. The Morgan fingerprint density at radius 1 is 0.412 bits per heavy atom. The third-order valence-corrected chi connectivity index (χ3v) is 28.0. The van der Waals surface area contributed by atoms with Crippen molar-refractivity contribution in [2.45, 2.75) is 142 Å². The molecule has 11 heterocycles. The Kier molecular flexibility index (Phi) is 22.9. The van der Waals surface area contributed by atoms with Gasteiger partial charge in [-0.3, -0.25) is 47.3 Å². The van der Waals surface area contributed by atoms with Crippen LogP contribution in [0, 0.1) is 5.92 Å². The van der Waals surface area contributed by atoms with Gasteiger partial charge in [0.25, 0.3) is 40.3 Å². The van der Waals surface area contributed by atoms with Gasteiger partial charge in [-0.2, -0.15) is 54.8 Å². The van der Waals surface area contributed by atoms with E-state index < -0.39 is 82.2 Å². The molecule has 0 unspecified atom stereocenters. The van der Waals surface area contributed by atoms with Crippen LogP contribution in [0.2, 0.25) is 0 Å². The average Bonchev–Trinajstić information content (AvgIpc) is 1.50. The topological polar surface area (TPSA) is 269 Å². The van der Waals surface area contributed by atoms with Gasteiger partial charge >= 0.3 is 18.5 Å². The summed E-state index contributed by atoms with van der Waals surface area (Å²) in [7, 11) is 1.50. The van der Waals surface area contributed by atoms with Crippen molar-refractivity contribution in [1.82, 2.24) is 92.1 Å². The monoisotopic (exact) mass is 2040 g/mol. The zero-order valence-corrected chi connectivity index (χ0v) is 77.3. The van der Waals surface area contributed by atoms with E-state index in [1.165, 1.54) is 62.7 Å². The van der Waals surface area contributed by atoms with E-state index in [0.717, 1.165) is 58.9 Å². The van der Waals surface area contributed by atoms with E-state index in [4.69, 9.17) is 15.3 Å².